The molecule has 0 aromatic carbocycles. The van der Waals surface area contributed by atoms with Crippen LogP contribution in [0.1, 0.15) is 49.9 Å². The molecule has 0 radical (unpaired) electrons. The van der Waals surface area contributed by atoms with Gasteiger partial charge in [-0.25, -0.2) is 0 Å². The lowest BCUT2D eigenvalue weighted by Gasteiger charge is -2.16. The van der Waals surface area contributed by atoms with Gasteiger partial charge in [-0.15, -0.1) is 0 Å². The van der Waals surface area contributed by atoms with Crippen LogP contribution in [0.15, 0.2) is 27.4 Å². The van der Waals surface area contributed by atoms with Crippen LogP contribution in [0, 0.1) is 0 Å². The van der Waals surface area contributed by atoms with Crippen molar-refractivity contribution in [1.82, 2.24) is 9.78 Å². The van der Waals surface area contributed by atoms with Crippen LogP contribution in [0.2, 0.25) is 0 Å². The molecule has 0 amide bonds. The van der Waals surface area contributed by atoms with Crippen LogP contribution in [0.25, 0.3) is 0 Å². The van der Waals surface area contributed by atoms with Crippen molar-refractivity contribution < 1.29 is 9.52 Å². The first-order valence-corrected chi connectivity index (χ1v) is 6.82. The van der Waals surface area contributed by atoms with E-state index in [4.69, 9.17) is 4.42 Å². The lowest BCUT2D eigenvalue weighted by molar-refractivity contribution is 0.201. The van der Waals surface area contributed by atoms with Crippen LogP contribution in [0.3, 0.4) is 0 Å². The average Bonchev–Trinajstić information content (AvgIpc) is 2.93. The highest BCUT2D eigenvalue weighted by atomic mass is 79.9. The van der Waals surface area contributed by atoms with Gasteiger partial charge in [-0.3, -0.25) is 4.68 Å². The van der Waals surface area contributed by atoms with Crippen LogP contribution < -0.4 is 0 Å². The Hall–Kier alpha value is -1.07. The third-order valence-electron chi connectivity index (χ3n) is 2.93. The number of aryl methyl sites for hydroxylation is 1. The van der Waals surface area contributed by atoms with E-state index in [2.05, 4.69) is 21.0 Å². The highest BCUT2D eigenvalue weighted by molar-refractivity contribution is 9.10. The van der Waals surface area contributed by atoms with Crippen molar-refractivity contribution in [3.05, 3.63) is 40.0 Å². The Morgan fingerprint density at radius 2 is 2.22 bits per heavy atom. The first-order valence-electron chi connectivity index (χ1n) is 6.03. The number of aromatic nitrogens is 2. The minimum atomic E-state index is -0.724. The molecular weight excluding hydrogens is 296 g/mol. The number of furan rings is 1. The van der Waals surface area contributed by atoms with Crippen LogP contribution in [0.4, 0.5) is 0 Å². The molecule has 0 spiro atoms. The Morgan fingerprint density at radius 1 is 1.50 bits per heavy atom. The van der Waals surface area contributed by atoms with Crippen molar-refractivity contribution in [3.8, 4) is 0 Å². The van der Waals surface area contributed by atoms with Crippen molar-refractivity contribution >= 4 is 15.9 Å². The second-order valence-electron chi connectivity index (χ2n) is 4.47. The molecule has 2 aromatic rings. The second-order valence-corrected chi connectivity index (χ2v) is 5.33. The van der Waals surface area contributed by atoms with E-state index >= 15 is 0 Å². The smallest absolute Gasteiger partial charge is 0.125 e. The van der Waals surface area contributed by atoms with Gasteiger partial charge in [-0.1, -0.05) is 6.92 Å². The quantitative estimate of drug-likeness (QED) is 0.940. The maximum Gasteiger partial charge on any atom is 0.125 e. The molecule has 1 unspecified atom stereocenters. The van der Waals surface area contributed by atoms with Crippen molar-refractivity contribution in [3.63, 3.8) is 0 Å². The zero-order valence-electron chi connectivity index (χ0n) is 10.7. The molecule has 98 valence electrons. The number of aliphatic hydroxyl groups is 1. The summed E-state index contributed by atoms with van der Waals surface area (Å²) in [7, 11) is 0. The largest absolute Gasteiger partial charge is 0.469 e. The Bertz CT molecular complexity index is 531. The van der Waals surface area contributed by atoms with Crippen LogP contribution in [0.5, 0.6) is 0 Å². The molecular formula is C13H17BrN2O2. The first kappa shape index (κ1) is 13.4. The third-order valence-corrected chi connectivity index (χ3v) is 3.54. The van der Waals surface area contributed by atoms with Crippen molar-refractivity contribution in [1.29, 1.82) is 0 Å². The normalized spacial score (nSPS) is 13.2. The topological polar surface area (TPSA) is 51.2 Å². The van der Waals surface area contributed by atoms with E-state index in [-0.39, 0.29) is 6.04 Å². The van der Waals surface area contributed by atoms with E-state index < -0.39 is 6.10 Å². The lowest BCUT2D eigenvalue weighted by atomic mass is 10.1. The van der Waals surface area contributed by atoms with Gasteiger partial charge < -0.3 is 9.52 Å². The van der Waals surface area contributed by atoms with Crippen LogP contribution >= 0.6 is 15.9 Å². The zero-order valence-corrected chi connectivity index (χ0v) is 12.3. The summed E-state index contributed by atoms with van der Waals surface area (Å²) >= 11 is 3.44. The minimum absolute atomic E-state index is 0.193. The van der Waals surface area contributed by atoms with Gasteiger partial charge in [0.05, 0.1) is 22.6 Å². The minimum Gasteiger partial charge on any atom is -0.469 e. The van der Waals surface area contributed by atoms with E-state index in [9.17, 15) is 5.11 Å². The predicted octanol–water partition coefficient (Wildman–Crippen LogP) is 3.46. The Balaban J connectivity index is 2.45. The number of aliphatic hydroxyl groups excluding tert-OH is 1. The molecule has 0 bridgehead atoms. The lowest BCUT2D eigenvalue weighted by Crippen LogP contribution is -2.13. The number of nitrogens with zero attached hydrogens (tertiary/aromatic N) is 2. The maximum absolute atomic E-state index is 10.5. The molecule has 0 saturated carbocycles. The fraction of sp³-hybridized carbons (Fsp3) is 0.462. The standard InChI is InChI=1S/C13H17BrN2O2/c1-4-11-9(5-6-18-11)13(17)12-10(14)7-15-16(12)8(2)3/h5-8,13,17H,4H2,1-3H3. The third kappa shape index (κ3) is 2.24. The summed E-state index contributed by atoms with van der Waals surface area (Å²) in [6.07, 6.45) is 3.36. The molecule has 0 aliphatic rings. The summed E-state index contributed by atoms with van der Waals surface area (Å²) in [5.74, 6) is 0.811. The predicted molar refractivity (Wildman–Crippen MR) is 72.5 cm³/mol. The molecule has 0 aliphatic heterocycles. The summed E-state index contributed by atoms with van der Waals surface area (Å²) in [6, 6.07) is 2.01. The molecule has 1 N–H and O–H groups in total. The van der Waals surface area contributed by atoms with Gasteiger partial charge >= 0.3 is 0 Å². The zero-order chi connectivity index (χ0) is 13.3. The van der Waals surface area contributed by atoms with Gasteiger partial charge in [0.2, 0.25) is 0 Å². The molecule has 2 aromatic heterocycles. The van der Waals surface area contributed by atoms with Gasteiger partial charge in [0.25, 0.3) is 0 Å². The molecule has 0 fully saturated rings. The Morgan fingerprint density at radius 3 is 2.83 bits per heavy atom. The highest BCUT2D eigenvalue weighted by Crippen LogP contribution is 2.32. The fourth-order valence-corrected chi connectivity index (χ4v) is 2.54. The number of hydrogen-bond acceptors (Lipinski definition) is 3. The van der Waals surface area contributed by atoms with E-state index in [0.29, 0.717) is 0 Å². The van der Waals surface area contributed by atoms with Gasteiger partial charge in [0.15, 0.2) is 0 Å². The van der Waals surface area contributed by atoms with Crippen LogP contribution in [-0.2, 0) is 6.42 Å². The molecule has 18 heavy (non-hydrogen) atoms. The molecule has 5 heteroatoms. The molecule has 4 nitrogen and oxygen atoms in total. The molecule has 2 rings (SSSR count). The fourth-order valence-electron chi connectivity index (χ4n) is 2.05. The number of hydrogen-bond donors (Lipinski definition) is 1. The molecule has 2 heterocycles. The maximum atomic E-state index is 10.5. The average molecular weight is 313 g/mol. The van der Waals surface area contributed by atoms with Gasteiger partial charge in [-0.2, -0.15) is 5.10 Å². The van der Waals surface area contributed by atoms with E-state index in [1.54, 1.807) is 12.5 Å². The van der Waals surface area contributed by atoms with Gasteiger partial charge in [0.1, 0.15) is 11.9 Å². The van der Waals surface area contributed by atoms with Crippen molar-refractivity contribution in [2.24, 2.45) is 0 Å². The monoisotopic (exact) mass is 312 g/mol. The van der Waals surface area contributed by atoms with Crippen molar-refractivity contribution in [2.75, 3.05) is 0 Å². The van der Waals surface area contributed by atoms with E-state index in [0.717, 1.165) is 27.9 Å². The van der Waals surface area contributed by atoms with Crippen LogP contribution in [-0.4, -0.2) is 14.9 Å². The first-order chi connectivity index (χ1) is 8.56. The summed E-state index contributed by atoms with van der Waals surface area (Å²) in [5.41, 5.74) is 1.57. The summed E-state index contributed by atoms with van der Waals surface area (Å²) in [4.78, 5) is 0. The molecule has 0 aliphatic carbocycles. The SMILES string of the molecule is CCc1occc1C(O)c1c(Br)cnn1C(C)C. The van der Waals surface area contributed by atoms with Gasteiger partial charge in [0, 0.05) is 18.0 Å². The highest BCUT2D eigenvalue weighted by Gasteiger charge is 2.24. The number of rotatable bonds is 4. The molecule has 0 saturated heterocycles. The van der Waals surface area contributed by atoms with Gasteiger partial charge in [-0.05, 0) is 35.8 Å². The summed E-state index contributed by atoms with van der Waals surface area (Å²) in [5, 5.41) is 14.8. The second kappa shape index (κ2) is 5.28. The number of halogens is 1. The Kier molecular flexibility index (Phi) is 3.92. The summed E-state index contributed by atoms with van der Waals surface area (Å²) < 4.78 is 8.00. The Labute approximate surface area is 115 Å². The van der Waals surface area contributed by atoms with E-state index in [1.165, 1.54) is 0 Å². The molecule has 1 atom stereocenters. The van der Waals surface area contributed by atoms with E-state index in [1.807, 2.05) is 31.5 Å². The van der Waals surface area contributed by atoms with Crippen molar-refractivity contribution in [2.45, 2.75) is 39.3 Å². The summed E-state index contributed by atoms with van der Waals surface area (Å²) in [6.45, 7) is 6.07.